The van der Waals surface area contributed by atoms with E-state index in [1.807, 2.05) is 20.8 Å². The second-order valence-corrected chi connectivity index (χ2v) is 4.18. The Morgan fingerprint density at radius 3 is 2.20 bits per heavy atom. The minimum Gasteiger partial charge on any atom is -0.466 e. The number of esters is 1. The van der Waals surface area contributed by atoms with Crippen molar-refractivity contribution in [3.8, 4) is 0 Å². The summed E-state index contributed by atoms with van der Waals surface area (Å²) in [4.78, 5) is 22.1. The predicted molar refractivity (Wildman–Crippen MR) is 57.2 cm³/mol. The van der Waals surface area contributed by atoms with Crippen LogP contribution in [0.2, 0.25) is 0 Å². The van der Waals surface area contributed by atoms with Crippen LogP contribution >= 0.6 is 0 Å². The molecule has 0 saturated carbocycles. The third-order valence-corrected chi connectivity index (χ3v) is 1.33. The van der Waals surface area contributed by atoms with Crippen LogP contribution in [-0.2, 0) is 9.53 Å². The molecule has 0 aromatic carbocycles. The van der Waals surface area contributed by atoms with Crippen molar-refractivity contribution in [2.45, 2.75) is 33.2 Å². The van der Waals surface area contributed by atoms with Crippen LogP contribution in [0, 0.1) is 0 Å². The van der Waals surface area contributed by atoms with Crippen LogP contribution in [-0.4, -0.2) is 24.6 Å². The van der Waals surface area contributed by atoms with Crippen molar-refractivity contribution in [3.63, 3.8) is 0 Å². The van der Waals surface area contributed by atoms with Crippen LogP contribution in [0.1, 0.15) is 27.7 Å². The van der Waals surface area contributed by atoms with E-state index in [0.29, 0.717) is 5.70 Å². The van der Waals surface area contributed by atoms with Crippen molar-refractivity contribution in [1.82, 2.24) is 10.6 Å². The first-order chi connectivity index (χ1) is 6.74. The van der Waals surface area contributed by atoms with E-state index in [0.717, 1.165) is 0 Å². The van der Waals surface area contributed by atoms with Gasteiger partial charge < -0.3 is 15.4 Å². The number of carbonyl (C=O) groups excluding carboxylic acids is 2. The standard InChI is InChI=1S/C10H18N2O3/c1-7(6-8(13)15-5)11-9(14)12-10(2,3)4/h6H,1-5H3,(H2,11,12,14)/b7-6-. The lowest BCUT2D eigenvalue weighted by Crippen LogP contribution is -2.45. The summed E-state index contributed by atoms with van der Waals surface area (Å²) in [5.74, 6) is -0.497. The average molecular weight is 214 g/mol. The Hall–Kier alpha value is -1.52. The molecular formula is C10H18N2O3. The van der Waals surface area contributed by atoms with Crippen molar-refractivity contribution in [3.05, 3.63) is 11.8 Å². The molecule has 0 aliphatic heterocycles. The van der Waals surface area contributed by atoms with Crippen molar-refractivity contribution >= 4 is 12.0 Å². The van der Waals surface area contributed by atoms with Gasteiger partial charge >= 0.3 is 12.0 Å². The molecule has 0 fully saturated rings. The molecule has 0 radical (unpaired) electrons. The van der Waals surface area contributed by atoms with Crippen molar-refractivity contribution in [2.75, 3.05) is 7.11 Å². The van der Waals surface area contributed by atoms with Crippen LogP contribution in [0.25, 0.3) is 0 Å². The minimum absolute atomic E-state index is 0.310. The first kappa shape index (κ1) is 13.5. The summed E-state index contributed by atoms with van der Waals surface area (Å²) >= 11 is 0. The van der Waals surface area contributed by atoms with Gasteiger partial charge in [0.1, 0.15) is 0 Å². The molecule has 0 heterocycles. The third-order valence-electron chi connectivity index (χ3n) is 1.33. The van der Waals surface area contributed by atoms with E-state index in [9.17, 15) is 9.59 Å². The first-order valence-electron chi connectivity index (χ1n) is 4.60. The highest BCUT2D eigenvalue weighted by molar-refractivity contribution is 5.84. The number of nitrogens with one attached hydrogen (secondary N) is 2. The lowest BCUT2D eigenvalue weighted by atomic mass is 10.1. The Kier molecular flexibility index (Phi) is 4.84. The highest BCUT2D eigenvalue weighted by atomic mass is 16.5. The Bertz CT molecular complexity index is 277. The van der Waals surface area contributed by atoms with Gasteiger partial charge in [0.05, 0.1) is 7.11 Å². The number of urea groups is 1. The lowest BCUT2D eigenvalue weighted by molar-refractivity contribution is -0.134. The van der Waals surface area contributed by atoms with Crippen molar-refractivity contribution < 1.29 is 14.3 Å². The summed E-state index contributed by atoms with van der Waals surface area (Å²) in [6.45, 7) is 7.21. The monoisotopic (exact) mass is 214 g/mol. The summed E-state index contributed by atoms with van der Waals surface area (Å²) in [6.07, 6.45) is 1.21. The molecule has 15 heavy (non-hydrogen) atoms. The molecule has 0 bridgehead atoms. The van der Waals surface area contributed by atoms with Gasteiger partial charge in [0, 0.05) is 17.3 Å². The molecule has 5 heteroatoms. The summed E-state index contributed by atoms with van der Waals surface area (Å²) in [7, 11) is 1.28. The van der Waals surface area contributed by atoms with Gasteiger partial charge in [0.2, 0.25) is 0 Å². The average Bonchev–Trinajstić information content (AvgIpc) is 1.99. The second kappa shape index (κ2) is 5.38. The van der Waals surface area contributed by atoms with Crippen LogP contribution < -0.4 is 10.6 Å². The van der Waals surface area contributed by atoms with Crippen molar-refractivity contribution in [2.24, 2.45) is 0 Å². The van der Waals surface area contributed by atoms with E-state index in [1.54, 1.807) is 6.92 Å². The summed E-state index contributed by atoms with van der Waals surface area (Å²) in [5.41, 5.74) is 0.124. The Morgan fingerprint density at radius 2 is 1.80 bits per heavy atom. The van der Waals surface area contributed by atoms with Gasteiger partial charge in [0.25, 0.3) is 0 Å². The molecule has 0 aromatic heterocycles. The molecule has 0 saturated heterocycles. The van der Waals surface area contributed by atoms with Gasteiger partial charge in [-0.2, -0.15) is 0 Å². The van der Waals surface area contributed by atoms with Gasteiger partial charge in [-0.15, -0.1) is 0 Å². The number of carbonyl (C=O) groups is 2. The zero-order valence-electron chi connectivity index (χ0n) is 9.80. The van der Waals surface area contributed by atoms with E-state index >= 15 is 0 Å². The Morgan fingerprint density at radius 1 is 1.27 bits per heavy atom. The number of ether oxygens (including phenoxy) is 1. The molecule has 0 aromatic rings. The summed E-state index contributed by atoms with van der Waals surface area (Å²) < 4.78 is 4.42. The molecule has 0 aliphatic rings. The van der Waals surface area contributed by atoms with Gasteiger partial charge in [-0.1, -0.05) is 0 Å². The lowest BCUT2D eigenvalue weighted by Gasteiger charge is -2.20. The SMILES string of the molecule is COC(=O)/C=C(/C)NC(=O)NC(C)(C)C. The predicted octanol–water partition coefficient (Wildman–Crippen LogP) is 1.16. The Labute approximate surface area is 89.9 Å². The fraction of sp³-hybridized carbons (Fsp3) is 0.600. The quantitative estimate of drug-likeness (QED) is 0.535. The maximum atomic E-state index is 11.3. The number of hydrogen-bond donors (Lipinski definition) is 2. The third kappa shape index (κ3) is 7.54. The molecule has 86 valence electrons. The molecule has 0 aliphatic carbocycles. The molecule has 0 unspecified atom stereocenters. The maximum Gasteiger partial charge on any atom is 0.332 e. The van der Waals surface area contributed by atoms with E-state index < -0.39 is 5.97 Å². The van der Waals surface area contributed by atoms with Crippen LogP contribution in [0.3, 0.4) is 0 Å². The van der Waals surface area contributed by atoms with E-state index in [-0.39, 0.29) is 11.6 Å². The fourth-order valence-electron chi connectivity index (χ4n) is 0.823. The van der Waals surface area contributed by atoms with Crippen molar-refractivity contribution in [1.29, 1.82) is 0 Å². The Balaban J connectivity index is 4.19. The number of allylic oxidation sites excluding steroid dienone is 1. The molecule has 0 atom stereocenters. The van der Waals surface area contributed by atoms with Gasteiger partial charge in [-0.3, -0.25) is 0 Å². The van der Waals surface area contributed by atoms with E-state index in [4.69, 9.17) is 0 Å². The van der Waals surface area contributed by atoms with Gasteiger partial charge in [0.15, 0.2) is 0 Å². The molecular weight excluding hydrogens is 196 g/mol. The van der Waals surface area contributed by atoms with Gasteiger partial charge in [-0.25, -0.2) is 9.59 Å². The van der Waals surface area contributed by atoms with Crippen LogP contribution in [0.4, 0.5) is 4.79 Å². The topological polar surface area (TPSA) is 67.4 Å². The first-order valence-corrected chi connectivity index (χ1v) is 4.60. The fourth-order valence-corrected chi connectivity index (χ4v) is 0.823. The molecule has 2 amide bonds. The zero-order chi connectivity index (χ0) is 12.1. The smallest absolute Gasteiger partial charge is 0.332 e. The maximum absolute atomic E-state index is 11.3. The summed E-state index contributed by atoms with van der Waals surface area (Å²) in [5, 5.41) is 5.21. The number of rotatable bonds is 2. The molecule has 5 nitrogen and oxygen atoms in total. The highest BCUT2D eigenvalue weighted by Crippen LogP contribution is 1.98. The van der Waals surface area contributed by atoms with E-state index in [2.05, 4.69) is 15.4 Å². The van der Waals surface area contributed by atoms with Crippen LogP contribution in [0.5, 0.6) is 0 Å². The largest absolute Gasteiger partial charge is 0.466 e. The number of amides is 2. The second-order valence-electron chi connectivity index (χ2n) is 4.18. The molecule has 0 spiro atoms. The van der Waals surface area contributed by atoms with Crippen LogP contribution in [0.15, 0.2) is 11.8 Å². The summed E-state index contributed by atoms with van der Waals surface area (Å²) in [6, 6.07) is -0.347. The number of methoxy groups -OCH3 is 1. The zero-order valence-corrected chi connectivity index (χ0v) is 9.80. The highest BCUT2D eigenvalue weighted by Gasteiger charge is 2.13. The van der Waals surface area contributed by atoms with E-state index in [1.165, 1.54) is 13.2 Å². The molecule has 2 N–H and O–H groups in total. The normalized spacial score (nSPS) is 11.9. The minimum atomic E-state index is -0.497. The van der Waals surface area contributed by atoms with Gasteiger partial charge in [-0.05, 0) is 27.7 Å². The number of hydrogen-bond acceptors (Lipinski definition) is 3. The molecule has 0 rings (SSSR count).